The van der Waals surface area contributed by atoms with Crippen LogP contribution in [0.4, 0.5) is 0 Å². The van der Waals surface area contributed by atoms with Gasteiger partial charge in [-0.3, -0.25) is 0 Å². The molecule has 0 nitrogen and oxygen atoms in total. The molecule has 0 aliphatic carbocycles. The molecule has 1 aromatic carbocycles. The molecule has 0 spiro atoms. The average Bonchev–Trinajstić information content (AvgIpc) is 2.04. The summed E-state index contributed by atoms with van der Waals surface area (Å²) < 4.78 is 0. The molecule has 0 radical (unpaired) electrons. The van der Waals surface area contributed by atoms with Gasteiger partial charge in [-0.2, -0.15) is 0 Å². The molecule has 1 rings (SSSR count). The minimum absolute atomic E-state index is 0.534. The SMILES string of the molecule is C/C=C/C(C)c1c(C)cccc1C. The zero-order chi connectivity index (χ0) is 9.84. The van der Waals surface area contributed by atoms with Crippen molar-refractivity contribution in [1.29, 1.82) is 0 Å². The number of benzene rings is 1. The van der Waals surface area contributed by atoms with Crippen LogP contribution in [-0.2, 0) is 0 Å². The average molecular weight is 174 g/mol. The topological polar surface area (TPSA) is 0 Å². The molecule has 1 aromatic rings. The fourth-order valence-electron chi connectivity index (χ4n) is 1.93. The molecule has 0 aliphatic heterocycles. The first kappa shape index (κ1) is 10.0. The minimum Gasteiger partial charge on any atom is -0.0911 e. The van der Waals surface area contributed by atoms with E-state index in [-0.39, 0.29) is 0 Å². The second-order valence-corrected chi connectivity index (χ2v) is 3.62. The van der Waals surface area contributed by atoms with Gasteiger partial charge in [-0.25, -0.2) is 0 Å². The van der Waals surface area contributed by atoms with E-state index in [1.165, 1.54) is 16.7 Å². The van der Waals surface area contributed by atoms with Gasteiger partial charge in [0, 0.05) is 0 Å². The van der Waals surface area contributed by atoms with Gasteiger partial charge in [-0.15, -0.1) is 0 Å². The fourth-order valence-corrected chi connectivity index (χ4v) is 1.93. The van der Waals surface area contributed by atoms with Crippen molar-refractivity contribution in [3.8, 4) is 0 Å². The third-order valence-corrected chi connectivity index (χ3v) is 2.48. The van der Waals surface area contributed by atoms with Crippen molar-refractivity contribution in [1.82, 2.24) is 0 Å². The van der Waals surface area contributed by atoms with Crippen molar-refractivity contribution in [3.05, 3.63) is 47.0 Å². The Bertz CT molecular complexity index is 288. The van der Waals surface area contributed by atoms with Crippen molar-refractivity contribution < 1.29 is 0 Å². The summed E-state index contributed by atoms with van der Waals surface area (Å²) in [5.41, 5.74) is 4.26. The van der Waals surface area contributed by atoms with Gasteiger partial charge >= 0.3 is 0 Å². The Morgan fingerprint density at radius 1 is 1.15 bits per heavy atom. The largest absolute Gasteiger partial charge is 0.0911 e. The summed E-state index contributed by atoms with van der Waals surface area (Å²) in [5, 5.41) is 0. The first-order chi connectivity index (χ1) is 6.16. The summed E-state index contributed by atoms with van der Waals surface area (Å²) in [6, 6.07) is 6.49. The third-order valence-electron chi connectivity index (χ3n) is 2.48. The maximum atomic E-state index is 2.25. The molecule has 0 aliphatic rings. The summed E-state index contributed by atoms with van der Waals surface area (Å²) in [6.45, 7) is 8.68. The van der Waals surface area contributed by atoms with Crippen LogP contribution >= 0.6 is 0 Å². The first-order valence-corrected chi connectivity index (χ1v) is 4.85. The molecule has 0 heteroatoms. The van der Waals surface area contributed by atoms with Crippen molar-refractivity contribution in [2.45, 2.75) is 33.6 Å². The van der Waals surface area contributed by atoms with E-state index in [9.17, 15) is 0 Å². The highest BCUT2D eigenvalue weighted by Gasteiger charge is 2.06. The standard InChI is InChI=1S/C13H18/c1-5-7-10(2)13-11(3)8-6-9-12(13)4/h5-10H,1-4H3/b7-5+. The Hall–Kier alpha value is -1.04. The number of rotatable bonds is 2. The van der Waals surface area contributed by atoms with Crippen molar-refractivity contribution in [2.75, 3.05) is 0 Å². The van der Waals surface area contributed by atoms with E-state index in [1.807, 2.05) is 0 Å². The maximum absolute atomic E-state index is 2.25. The quantitative estimate of drug-likeness (QED) is 0.595. The summed E-state index contributed by atoms with van der Waals surface area (Å²) in [5.74, 6) is 0.534. The lowest BCUT2D eigenvalue weighted by molar-refractivity contribution is 0.935. The van der Waals surface area contributed by atoms with E-state index >= 15 is 0 Å². The van der Waals surface area contributed by atoms with Gasteiger partial charge in [0.05, 0.1) is 0 Å². The Morgan fingerprint density at radius 3 is 2.15 bits per heavy atom. The number of allylic oxidation sites excluding steroid dienone is 2. The predicted molar refractivity (Wildman–Crippen MR) is 59.1 cm³/mol. The van der Waals surface area contributed by atoms with Crippen LogP contribution in [0.1, 0.15) is 36.5 Å². The number of hydrogen-bond acceptors (Lipinski definition) is 0. The van der Waals surface area contributed by atoms with E-state index in [4.69, 9.17) is 0 Å². The molecule has 0 amide bonds. The van der Waals surface area contributed by atoms with Crippen LogP contribution in [0.2, 0.25) is 0 Å². The van der Waals surface area contributed by atoms with Crippen LogP contribution in [0.15, 0.2) is 30.4 Å². The molecule has 0 saturated carbocycles. The maximum Gasteiger partial charge on any atom is -0.000530 e. The molecule has 0 N–H and O–H groups in total. The van der Waals surface area contributed by atoms with E-state index in [1.54, 1.807) is 0 Å². The van der Waals surface area contributed by atoms with Crippen LogP contribution in [0, 0.1) is 13.8 Å². The fraction of sp³-hybridized carbons (Fsp3) is 0.385. The van der Waals surface area contributed by atoms with E-state index < -0.39 is 0 Å². The predicted octanol–water partition coefficient (Wildman–Crippen LogP) is 3.98. The Balaban J connectivity index is 3.12. The highest BCUT2D eigenvalue weighted by atomic mass is 14.1. The van der Waals surface area contributed by atoms with Crippen LogP contribution in [0.25, 0.3) is 0 Å². The zero-order valence-corrected chi connectivity index (χ0v) is 8.96. The Labute approximate surface area is 81.3 Å². The van der Waals surface area contributed by atoms with Crippen LogP contribution in [-0.4, -0.2) is 0 Å². The Kier molecular flexibility index (Phi) is 3.30. The van der Waals surface area contributed by atoms with Crippen LogP contribution < -0.4 is 0 Å². The number of hydrogen-bond donors (Lipinski definition) is 0. The van der Waals surface area contributed by atoms with Crippen LogP contribution in [0.3, 0.4) is 0 Å². The summed E-state index contributed by atoms with van der Waals surface area (Å²) >= 11 is 0. The lowest BCUT2D eigenvalue weighted by atomic mass is 9.92. The van der Waals surface area contributed by atoms with Crippen LogP contribution in [0.5, 0.6) is 0 Å². The molecular formula is C13H18. The van der Waals surface area contributed by atoms with Gasteiger partial charge in [0.15, 0.2) is 0 Å². The Morgan fingerprint density at radius 2 is 1.69 bits per heavy atom. The van der Waals surface area contributed by atoms with E-state index in [0.717, 1.165) is 0 Å². The molecular weight excluding hydrogens is 156 g/mol. The monoisotopic (exact) mass is 174 g/mol. The van der Waals surface area contributed by atoms with Gasteiger partial charge in [-0.1, -0.05) is 37.3 Å². The van der Waals surface area contributed by atoms with E-state index in [0.29, 0.717) is 5.92 Å². The first-order valence-electron chi connectivity index (χ1n) is 4.85. The number of aryl methyl sites for hydroxylation is 2. The molecule has 0 bridgehead atoms. The molecule has 13 heavy (non-hydrogen) atoms. The normalized spacial score (nSPS) is 13.5. The summed E-state index contributed by atoms with van der Waals surface area (Å²) in [6.07, 6.45) is 4.37. The molecule has 0 fully saturated rings. The van der Waals surface area contributed by atoms with Gasteiger partial charge in [0.25, 0.3) is 0 Å². The summed E-state index contributed by atoms with van der Waals surface area (Å²) in [4.78, 5) is 0. The molecule has 1 atom stereocenters. The van der Waals surface area contributed by atoms with Gasteiger partial charge < -0.3 is 0 Å². The molecule has 70 valence electrons. The minimum atomic E-state index is 0.534. The van der Waals surface area contributed by atoms with Crippen molar-refractivity contribution in [2.24, 2.45) is 0 Å². The second kappa shape index (κ2) is 4.27. The highest BCUT2D eigenvalue weighted by Crippen LogP contribution is 2.24. The highest BCUT2D eigenvalue weighted by molar-refractivity contribution is 5.38. The lowest BCUT2D eigenvalue weighted by Gasteiger charge is -2.13. The summed E-state index contributed by atoms with van der Waals surface area (Å²) in [7, 11) is 0. The molecule has 0 aromatic heterocycles. The van der Waals surface area contributed by atoms with E-state index in [2.05, 4.69) is 58.0 Å². The molecule has 0 saturated heterocycles. The van der Waals surface area contributed by atoms with Gasteiger partial charge in [0.1, 0.15) is 0 Å². The lowest BCUT2D eigenvalue weighted by Crippen LogP contribution is -1.96. The van der Waals surface area contributed by atoms with Crippen molar-refractivity contribution >= 4 is 0 Å². The molecule has 1 unspecified atom stereocenters. The van der Waals surface area contributed by atoms with Crippen molar-refractivity contribution in [3.63, 3.8) is 0 Å². The van der Waals surface area contributed by atoms with Gasteiger partial charge in [0.2, 0.25) is 0 Å². The van der Waals surface area contributed by atoms with Gasteiger partial charge in [-0.05, 0) is 43.4 Å². The molecule has 0 heterocycles. The smallest absolute Gasteiger partial charge is 0.000530 e. The third kappa shape index (κ3) is 2.21. The second-order valence-electron chi connectivity index (χ2n) is 3.62. The zero-order valence-electron chi connectivity index (χ0n) is 8.96.